The van der Waals surface area contributed by atoms with Crippen molar-refractivity contribution in [2.24, 2.45) is 0 Å². The molecule has 0 spiro atoms. The number of rotatable bonds is 0. The standard InChI is InChI=1S/C2H2N3S/c6-2-3-1-4-5-2/h(H2,3,5,6)/q+1. The Kier molecular flexibility index (Phi) is 0.719. The van der Waals surface area contributed by atoms with Crippen LogP contribution in [0.2, 0.25) is 0 Å². The summed E-state index contributed by atoms with van der Waals surface area (Å²) >= 11 is 4.54. The predicted octanol–water partition coefficient (Wildman–Crippen LogP) is -1.38. The highest BCUT2D eigenvalue weighted by molar-refractivity contribution is 7.80. The van der Waals surface area contributed by atoms with Crippen molar-refractivity contribution in [2.75, 3.05) is 0 Å². The van der Waals surface area contributed by atoms with E-state index in [0.29, 0.717) is 5.11 Å². The van der Waals surface area contributed by atoms with Gasteiger partial charge in [0.2, 0.25) is 0 Å². The maximum atomic E-state index is 4.54. The monoisotopic (exact) mass is 100.0 g/mol. The fourth-order valence-electron chi connectivity index (χ4n) is 0.185. The van der Waals surface area contributed by atoms with Gasteiger partial charge in [-0.2, -0.15) is 0 Å². The molecule has 6 heavy (non-hydrogen) atoms. The molecule has 4 heteroatoms. The normalized spacial score (nSPS) is 17.0. The first kappa shape index (κ1) is 3.55. The molecule has 0 aromatic carbocycles. The highest BCUT2D eigenvalue weighted by Crippen LogP contribution is 1.59. The molecule has 0 amide bonds. The van der Waals surface area contributed by atoms with Crippen LogP contribution in [0.15, 0.2) is 0 Å². The van der Waals surface area contributed by atoms with Gasteiger partial charge in [-0.15, -0.1) is 5.43 Å². The summed E-state index contributed by atoms with van der Waals surface area (Å²) in [6, 6.07) is 0. The summed E-state index contributed by atoms with van der Waals surface area (Å²) in [6.07, 6.45) is 2.39. The smallest absolute Gasteiger partial charge is 0.201 e. The summed E-state index contributed by atoms with van der Waals surface area (Å²) in [6.45, 7) is 0. The van der Waals surface area contributed by atoms with E-state index in [1.807, 2.05) is 0 Å². The highest BCUT2D eigenvalue weighted by Gasteiger charge is 2.07. The third-order valence-electron chi connectivity index (χ3n) is 0.383. The van der Waals surface area contributed by atoms with Crippen LogP contribution in [0.5, 0.6) is 0 Å². The van der Waals surface area contributed by atoms with Crippen LogP contribution in [-0.4, -0.2) is 11.5 Å². The first-order valence-corrected chi connectivity index (χ1v) is 1.81. The number of nitrogens with one attached hydrogen (secondary N) is 2. The molecule has 1 aliphatic rings. The Labute approximate surface area is 40.4 Å². The molecule has 1 heterocycles. The fourth-order valence-corrected chi connectivity index (χ4v) is 0.277. The SMILES string of the molecule is S=C1N[C]=[N+]N1. The average Bonchev–Trinajstić information content (AvgIpc) is 1.86. The lowest BCUT2D eigenvalue weighted by Crippen LogP contribution is -2.23. The third-order valence-corrected chi connectivity index (χ3v) is 0.576. The first-order chi connectivity index (χ1) is 2.89. The van der Waals surface area contributed by atoms with Crippen molar-refractivity contribution in [3.8, 4) is 0 Å². The van der Waals surface area contributed by atoms with Crippen LogP contribution < -0.4 is 15.8 Å². The molecule has 0 saturated heterocycles. The van der Waals surface area contributed by atoms with Crippen LogP contribution in [0.3, 0.4) is 0 Å². The maximum absolute atomic E-state index is 4.54. The summed E-state index contributed by atoms with van der Waals surface area (Å²) in [5.74, 6) is 0. The van der Waals surface area contributed by atoms with Crippen molar-refractivity contribution >= 4 is 23.7 Å². The average molecular weight is 100 g/mol. The van der Waals surface area contributed by atoms with E-state index in [9.17, 15) is 0 Å². The van der Waals surface area contributed by atoms with Crippen LogP contribution in [-0.2, 0) is 0 Å². The van der Waals surface area contributed by atoms with Gasteiger partial charge in [0.05, 0.1) is 5.10 Å². The van der Waals surface area contributed by atoms with Gasteiger partial charge in [-0.3, -0.25) is 0 Å². The Morgan fingerprint density at radius 1 is 1.83 bits per heavy atom. The van der Waals surface area contributed by atoms with Crippen molar-refractivity contribution < 1.29 is 0 Å². The Morgan fingerprint density at radius 2 is 2.67 bits per heavy atom. The zero-order valence-corrected chi connectivity index (χ0v) is 3.67. The molecule has 0 atom stereocenters. The van der Waals surface area contributed by atoms with Crippen molar-refractivity contribution in [3.63, 3.8) is 0 Å². The molecule has 0 unspecified atom stereocenters. The molecule has 1 rings (SSSR count). The van der Waals surface area contributed by atoms with Crippen molar-refractivity contribution in [3.05, 3.63) is 0 Å². The Morgan fingerprint density at radius 3 is 2.83 bits per heavy atom. The highest BCUT2D eigenvalue weighted by atomic mass is 32.1. The number of thiocarbonyl (C=S) groups is 1. The van der Waals surface area contributed by atoms with E-state index in [4.69, 9.17) is 0 Å². The van der Waals surface area contributed by atoms with E-state index in [-0.39, 0.29) is 0 Å². The Balaban J connectivity index is 2.52. The minimum atomic E-state index is 0.509. The molecule has 0 bridgehead atoms. The van der Waals surface area contributed by atoms with E-state index in [1.165, 1.54) is 0 Å². The first-order valence-electron chi connectivity index (χ1n) is 1.40. The lowest BCUT2D eigenvalue weighted by molar-refractivity contribution is 0.960. The quantitative estimate of drug-likeness (QED) is 0.368. The Bertz CT molecular complexity index is 87.0. The molecule has 3 nitrogen and oxygen atoms in total. The number of nitrogens with zero attached hydrogens (tertiary/aromatic N) is 1. The van der Waals surface area contributed by atoms with Crippen molar-refractivity contribution in [1.29, 1.82) is 0 Å². The fraction of sp³-hybridized carbons (Fsp3) is 0. The van der Waals surface area contributed by atoms with Gasteiger partial charge in [-0.25, -0.2) is 5.32 Å². The minimum absolute atomic E-state index is 0.509. The van der Waals surface area contributed by atoms with Crippen LogP contribution in [0, 0.1) is 0 Å². The summed E-state index contributed by atoms with van der Waals surface area (Å²) in [7, 11) is 0. The van der Waals surface area contributed by atoms with Gasteiger partial charge in [0, 0.05) is 0 Å². The van der Waals surface area contributed by atoms with E-state index in [1.54, 1.807) is 0 Å². The lowest BCUT2D eigenvalue weighted by Gasteiger charge is -1.71. The molecular weight excluding hydrogens is 98.1 g/mol. The minimum Gasteiger partial charge on any atom is -0.201 e. The zero-order chi connectivity index (χ0) is 4.41. The van der Waals surface area contributed by atoms with Gasteiger partial charge in [0.25, 0.3) is 0 Å². The van der Waals surface area contributed by atoms with E-state index < -0.39 is 0 Å². The second kappa shape index (κ2) is 1.22. The topological polar surface area (TPSA) is 38.2 Å². The van der Waals surface area contributed by atoms with Gasteiger partial charge in [0.1, 0.15) is 0 Å². The third kappa shape index (κ3) is 0.463. The van der Waals surface area contributed by atoms with Gasteiger partial charge < -0.3 is 0 Å². The molecule has 0 aromatic rings. The lowest BCUT2D eigenvalue weighted by atomic mass is 11.1. The van der Waals surface area contributed by atoms with Crippen LogP contribution in [0.4, 0.5) is 0 Å². The van der Waals surface area contributed by atoms with Crippen LogP contribution in [0.1, 0.15) is 0 Å². The molecule has 2 radical (unpaired) electrons. The van der Waals surface area contributed by atoms with Gasteiger partial charge in [-0.05, 0) is 12.2 Å². The second-order valence-electron chi connectivity index (χ2n) is 0.790. The number of hydrogen-bond donors (Lipinski definition) is 2. The van der Waals surface area contributed by atoms with E-state index in [0.717, 1.165) is 0 Å². The van der Waals surface area contributed by atoms with E-state index in [2.05, 4.69) is 34.4 Å². The summed E-state index contributed by atoms with van der Waals surface area (Å²) in [4.78, 5) is 0. The van der Waals surface area contributed by atoms with Gasteiger partial charge in [-0.1, -0.05) is 0 Å². The summed E-state index contributed by atoms with van der Waals surface area (Å²) in [5.41, 5.74) is 2.45. The van der Waals surface area contributed by atoms with Crippen molar-refractivity contribution in [1.82, 2.24) is 15.8 Å². The van der Waals surface area contributed by atoms with Gasteiger partial charge >= 0.3 is 11.5 Å². The number of hydrogen-bond acceptors (Lipinski definition) is 2. The summed E-state index contributed by atoms with van der Waals surface area (Å²) < 4.78 is 0. The largest absolute Gasteiger partial charge is 0.444 e. The molecule has 2 N–H and O–H groups in total. The molecule has 0 aliphatic carbocycles. The molecule has 0 fully saturated rings. The molecule has 1 aliphatic heterocycles. The molecular formula is C2H2N3S+. The molecule has 30 valence electrons. The summed E-state index contributed by atoms with van der Waals surface area (Å²) in [5, 5.41) is 6.44. The van der Waals surface area contributed by atoms with Gasteiger partial charge in [0.15, 0.2) is 0 Å². The molecule has 0 aromatic heterocycles. The second-order valence-corrected chi connectivity index (χ2v) is 1.20. The molecule has 0 saturated carbocycles. The maximum Gasteiger partial charge on any atom is 0.444 e. The van der Waals surface area contributed by atoms with Crippen LogP contribution >= 0.6 is 12.2 Å². The zero-order valence-electron chi connectivity index (χ0n) is 2.86. The van der Waals surface area contributed by atoms with Crippen molar-refractivity contribution in [2.45, 2.75) is 0 Å². The van der Waals surface area contributed by atoms with E-state index >= 15 is 0 Å². The predicted molar refractivity (Wildman–Crippen MR) is 26.0 cm³/mol. The van der Waals surface area contributed by atoms with Crippen LogP contribution in [0.25, 0.3) is 0 Å². The Hall–Kier alpha value is -0.640. The number of hydrazone groups is 1.